The first-order valence-corrected chi connectivity index (χ1v) is 9.95. The maximum Gasteiger partial charge on any atom is 0.252 e. The van der Waals surface area contributed by atoms with E-state index in [-0.39, 0.29) is 5.91 Å². The average molecular weight is 438 g/mol. The third-order valence-electron chi connectivity index (χ3n) is 4.41. The predicted molar refractivity (Wildman–Crippen MR) is 109 cm³/mol. The second kappa shape index (κ2) is 9.40. The van der Waals surface area contributed by atoms with E-state index in [9.17, 15) is 4.79 Å². The van der Waals surface area contributed by atoms with Gasteiger partial charge in [-0.25, -0.2) is 0 Å². The van der Waals surface area contributed by atoms with Gasteiger partial charge in [0.2, 0.25) is 0 Å². The molecule has 1 amide bonds. The van der Waals surface area contributed by atoms with Crippen molar-refractivity contribution in [2.24, 2.45) is 0 Å². The van der Waals surface area contributed by atoms with Crippen molar-refractivity contribution in [3.8, 4) is 0 Å². The molecular weight excluding hydrogens is 416 g/mol. The Kier molecular flexibility index (Phi) is 6.94. The Morgan fingerprint density at radius 1 is 1.15 bits per heavy atom. The maximum absolute atomic E-state index is 12.2. The first-order chi connectivity index (χ1) is 12.6. The molecule has 0 radical (unpaired) electrons. The lowest BCUT2D eigenvalue weighted by Crippen LogP contribution is -2.36. The zero-order chi connectivity index (χ0) is 18.4. The van der Waals surface area contributed by atoms with Gasteiger partial charge in [0.25, 0.3) is 5.91 Å². The molecule has 138 valence electrons. The first-order valence-electron chi connectivity index (χ1n) is 8.78. The van der Waals surface area contributed by atoms with Gasteiger partial charge in [-0.05, 0) is 48.7 Å². The van der Waals surface area contributed by atoms with Gasteiger partial charge in [0, 0.05) is 29.8 Å². The number of carbonyl (C=O) groups is 1. The fraction of sp³-hybridized carbons (Fsp3) is 0.350. The van der Waals surface area contributed by atoms with E-state index >= 15 is 0 Å². The number of ether oxygens (including phenoxy) is 1. The highest BCUT2D eigenvalue weighted by molar-refractivity contribution is 9.10. The van der Waals surface area contributed by atoms with E-state index in [1.807, 2.05) is 6.07 Å². The smallest absolute Gasteiger partial charge is 0.252 e. The van der Waals surface area contributed by atoms with Crippen molar-refractivity contribution in [3.05, 3.63) is 63.1 Å². The van der Waals surface area contributed by atoms with Crippen LogP contribution < -0.4 is 10.2 Å². The van der Waals surface area contributed by atoms with Gasteiger partial charge in [-0.15, -0.1) is 0 Å². The Morgan fingerprint density at radius 3 is 2.62 bits per heavy atom. The molecule has 1 heterocycles. The van der Waals surface area contributed by atoms with Crippen LogP contribution in [-0.2, 0) is 11.2 Å². The number of hydrogen-bond donors (Lipinski definition) is 1. The Morgan fingerprint density at radius 2 is 1.88 bits per heavy atom. The summed E-state index contributed by atoms with van der Waals surface area (Å²) in [4.78, 5) is 14.6. The fourth-order valence-electron chi connectivity index (χ4n) is 2.96. The van der Waals surface area contributed by atoms with Gasteiger partial charge in [-0.3, -0.25) is 4.79 Å². The van der Waals surface area contributed by atoms with Gasteiger partial charge in [0.1, 0.15) is 0 Å². The minimum atomic E-state index is -0.140. The third-order valence-corrected chi connectivity index (χ3v) is 5.24. The normalized spacial score (nSPS) is 14.3. The van der Waals surface area contributed by atoms with Crippen LogP contribution in [0.4, 0.5) is 5.69 Å². The van der Waals surface area contributed by atoms with Crippen molar-refractivity contribution in [2.45, 2.75) is 12.8 Å². The quantitative estimate of drug-likeness (QED) is 0.685. The highest BCUT2D eigenvalue weighted by Crippen LogP contribution is 2.21. The van der Waals surface area contributed by atoms with E-state index in [4.69, 9.17) is 16.3 Å². The van der Waals surface area contributed by atoms with Gasteiger partial charge < -0.3 is 15.0 Å². The summed E-state index contributed by atoms with van der Waals surface area (Å²) < 4.78 is 6.23. The molecule has 0 unspecified atom stereocenters. The Bertz CT molecular complexity index is 746. The lowest BCUT2D eigenvalue weighted by atomic mass is 10.1. The molecule has 3 rings (SSSR count). The molecule has 0 spiro atoms. The first kappa shape index (κ1) is 19.2. The molecule has 0 bridgehead atoms. The second-order valence-electron chi connectivity index (χ2n) is 6.25. The molecule has 6 heteroatoms. The number of nitrogens with zero attached hydrogens (tertiary/aromatic N) is 1. The van der Waals surface area contributed by atoms with E-state index in [0.717, 1.165) is 43.6 Å². The van der Waals surface area contributed by atoms with Crippen molar-refractivity contribution in [2.75, 3.05) is 37.7 Å². The number of nitrogens with one attached hydrogen (secondary N) is 1. The van der Waals surface area contributed by atoms with E-state index < -0.39 is 0 Å². The van der Waals surface area contributed by atoms with Gasteiger partial charge >= 0.3 is 0 Å². The molecule has 2 aromatic carbocycles. The molecule has 1 N–H and O–H groups in total. The highest BCUT2D eigenvalue weighted by atomic mass is 79.9. The van der Waals surface area contributed by atoms with Crippen molar-refractivity contribution in [1.29, 1.82) is 0 Å². The van der Waals surface area contributed by atoms with Crippen LogP contribution in [0.25, 0.3) is 0 Å². The SMILES string of the molecule is O=C(NCCCc1ccc(N2CCOCC2)cc1)c1cc(Br)ccc1Cl. The van der Waals surface area contributed by atoms with Crippen LogP contribution in [0.5, 0.6) is 0 Å². The summed E-state index contributed by atoms with van der Waals surface area (Å²) in [6.45, 7) is 4.10. The van der Waals surface area contributed by atoms with E-state index in [2.05, 4.69) is 50.4 Å². The van der Waals surface area contributed by atoms with Crippen LogP contribution in [0.1, 0.15) is 22.3 Å². The van der Waals surface area contributed by atoms with Crippen LogP contribution in [0.15, 0.2) is 46.9 Å². The van der Waals surface area contributed by atoms with Crippen LogP contribution >= 0.6 is 27.5 Å². The Balaban J connectivity index is 1.44. The number of amides is 1. The van der Waals surface area contributed by atoms with E-state index in [1.54, 1.807) is 12.1 Å². The molecule has 1 aliphatic heterocycles. The molecule has 2 aromatic rings. The lowest BCUT2D eigenvalue weighted by Gasteiger charge is -2.28. The summed E-state index contributed by atoms with van der Waals surface area (Å²) in [5, 5.41) is 3.40. The molecule has 1 saturated heterocycles. The largest absolute Gasteiger partial charge is 0.378 e. The molecule has 0 atom stereocenters. The number of rotatable bonds is 6. The molecule has 26 heavy (non-hydrogen) atoms. The number of aryl methyl sites for hydroxylation is 1. The summed E-state index contributed by atoms with van der Waals surface area (Å²) in [7, 11) is 0. The summed E-state index contributed by atoms with van der Waals surface area (Å²) in [6.07, 6.45) is 1.81. The molecular formula is C20H22BrClN2O2. The Labute approximate surface area is 167 Å². The maximum atomic E-state index is 12.2. The van der Waals surface area contributed by atoms with Crippen molar-refractivity contribution < 1.29 is 9.53 Å². The Hall–Kier alpha value is -1.56. The zero-order valence-electron chi connectivity index (χ0n) is 14.5. The summed E-state index contributed by atoms with van der Waals surface area (Å²) in [6, 6.07) is 13.9. The number of anilines is 1. The van der Waals surface area contributed by atoms with Crippen LogP contribution in [-0.4, -0.2) is 38.8 Å². The van der Waals surface area contributed by atoms with Gasteiger partial charge in [-0.1, -0.05) is 39.7 Å². The lowest BCUT2D eigenvalue weighted by molar-refractivity contribution is 0.0953. The van der Waals surface area contributed by atoms with Gasteiger partial charge in [0.15, 0.2) is 0 Å². The fourth-order valence-corrected chi connectivity index (χ4v) is 3.52. The van der Waals surface area contributed by atoms with Crippen LogP contribution in [0.2, 0.25) is 5.02 Å². The van der Waals surface area contributed by atoms with Crippen molar-refractivity contribution in [3.63, 3.8) is 0 Å². The number of halogens is 2. The molecule has 0 aliphatic carbocycles. The number of benzene rings is 2. The summed E-state index contributed by atoms with van der Waals surface area (Å²) in [5.74, 6) is -0.140. The monoisotopic (exact) mass is 436 g/mol. The standard InChI is InChI=1S/C20H22BrClN2O2/c21-16-5-8-19(22)18(14-16)20(25)23-9-1-2-15-3-6-17(7-4-15)24-10-12-26-13-11-24/h3-8,14H,1-2,9-13H2,(H,23,25). The number of morpholine rings is 1. The van der Waals surface area contributed by atoms with Gasteiger partial charge in [0.05, 0.1) is 23.8 Å². The third kappa shape index (κ3) is 5.22. The van der Waals surface area contributed by atoms with Gasteiger partial charge in [-0.2, -0.15) is 0 Å². The van der Waals surface area contributed by atoms with Crippen LogP contribution in [0, 0.1) is 0 Å². The molecule has 0 saturated carbocycles. The average Bonchev–Trinajstić information content (AvgIpc) is 2.68. The minimum Gasteiger partial charge on any atom is -0.378 e. The summed E-state index contributed by atoms with van der Waals surface area (Å²) in [5.41, 5.74) is 3.02. The molecule has 1 aliphatic rings. The van der Waals surface area contributed by atoms with E-state index in [1.165, 1.54) is 11.3 Å². The summed E-state index contributed by atoms with van der Waals surface area (Å²) >= 11 is 9.45. The van der Waals surface area contributed by atoms with E-state index in [0.29, 0.717) is 17.1 Å². The second-order valence-corrected chi connectivity index (χ2v) is 7.57. The number of hydrogen-bond acceptors (Lipinski definition) is 3. The minimum absolute atomic E-state index is 0.140. The molecule has 0 aromatic heterocycles. The topological polar surface area (TPSA) is 41.6 Å². The zero-order valence-corrected chi connectivity index (χ0v) is 16.9. The van der Waals surface area contributed by atoms with Crippen LogP contribution in [0.3, 0.4) is 0 Å². The highest BCUT2D eigenvalue weighted by Gasteiger charge is 2.11. The number of carbonyl (C=O) groups excluding carboxylic acids is 1. The molecule has 1 fully saturated rings. The molecule has 4 nitrogen and oxygen atoms in total. The van der Waals surface area contributed by atoms with Crippen molar-refractivity contribution in [1.82, 2.24) is 5.32 Å². The van der Waals surface area contributed by atoms with Crippen molar-refractivity contribution >= 4 is 39.1 Å². The predicted octanol–water partition coefficient (Wildman–Crippen LogP) is 4.30.